The first-order valence-electron chi connectivity index (χ1n) is 8.13. The summed E-state index contributed by atoms with van der Waals surface area (Å²) in [5.41, 5.74) is -0.108. The van der Waals surface area contributed by atoms with Gasteiger partial charge in [0.2, 0.25) is 0 Å². The number of likely N-dealkylation sites (tertiary alicyclic amines) is 1. The maximum Gasteiger partial charge on any atom is 0.262 e. The molecule has 3 rings (SSSR count). The van der Waals surface area contributed by atoms with E-state index >= 15 is 0 Å². The van der Waals surface area contributed by atoms with Crippen molar-refractivity contribution in [3.05, 3.63) is 58.4 Å². The van der Waals surface area contributed by atoms with E-state index in [0.717, 1.165) is 31.0 Å². The summed E-state index contributed by atoms with van der Waals surface area (Å²) in [6.45, 7) is 1.12. The van der Waals surface area contributed by atoms with E-state index in [4.69, 9.17) is 16.9 Å². The molecule has 1 amide bonds. The lowest BCUT2D eigenvalue weighted by molar-refractivity contribution is 0.0788. The molecule has 1 fully saturated rings. The van der Waals surface area contributed by atoms with Crippen molar-refractivity contribution in [2.24, 2.45) is 0 Å². The fraction of sp³-hybridized carbons (Fsp3) is 0.222. The molecular weight excluding hydrogens is 393 g/mol. The summed E-state index contributed by atoms with van der Waals surface area (Å²) in [5, 5.41) is 9.33. The van der Waals surface area contributed by atoms with Gasteiger partial charge in [0.25, 0.3) is 15.9 Å². The van der Waals surface area contributed by atoms with Gasteiger partial charge in [-0.2, -0.15) is 5.26 Å². The highest BCUT2D eigenvalue weighted by molar-refractivity contribution is 7.92. The van der Waals surface area contributed by atoms with Gasteiger partial charge in [-0.1, -0.05) is 11.6 Å². The van der Waals surface area contributed by atoms with Crippen molar-refractivity contribution >= 4 is 33.2 Å². The van der Waals surface area contributed by atoms with E-state index in [1.807, 2.05) is 6.07 Å². The molecule has 0 atom stereocenters. The van der Waals surface area contributed by atoms with Crippen molar-refractivity contribution < 1.29 is 17.6 Å². The third-order valence-corrected chi connectivity index (χ3v) is 5.82. The third kappa shape index (κ3) is 4.04. The molecule has 0 aliphatic carbocycles. The standard InChI is InChI=1S/C18H15ClFN3O3S/c19-13-4-3-12(11-21)17(9-13)22-27(25,26)14-5-6-15(16(20)10-14)18(24)23-7-1-2-8-23/h3-6,9-10,22H,1-2,7-8H2. The molecule has 0 unspecified atom stereocenters. The molecule has 0 saturated carbocycles. The second kappa shape index (κ2) is 7.55. The average molecular weight is 408 g/mol. The Balaban J connectivity index is 1.89. The van der Waals surface area contributed by atoms with Crippen LogP contribution >= 0.6 is 11.6 Å². The average Bonchev–Trinajstić information content (AvgIpc) is 3.15. The van der Waals surface area contributed by atoms with Crippen LogP contribution < -0.4 is 4.72 Å². The Hall–Kier alpha value is -2.63. The molecule has 2 aromatic carbocycles. The normalized spacial score (nSPS) is 14.0. The molecular formula is C18H15ClFN3O3S. The SMILES string of the molecule is N#Cc1ccc(Cl)cc1NS(=O)(=O)c1ccc(C(=O)N2CCCC2)c(F)c1. The molecule has 140 valence electrons. The number of benzene rings is 2. The molecule has 27 heavy (non-hydrogen) atoms. The lowest BCUT2D eigenvalue weighted by Crippen LogP contribution is -2.28. The topological polar surface area (TPSA) is 90.3 Å². The van der Waals surface area contributed by atoms with Crippen LogP contribution in [0, 0.1) is 17.1 Å². The zero-order valence-electron chi connectivity index (χ0n) is 14.1. The Labute approximate surface area is 161 Å². The zero-order valence-corrected chi connectivity index (χ0v) is 15.6. The van der Waals surface area contributed by atoms with Crippen LogP contribution in [0.2, 0.25) is 5.02 Å². The van der Waals surface area contributed by atoms with Gasteiger partial charge in [0.1, 0.15) is 11.9 Å². The number of hydrogen-bond donors (Lipinski definition) is 1. The summed E-state index contributed by atoms with van der Waals surface area (Å²) in [5.74, 6) is -1.37. The minimum absolute atomic E-state index is 0.0115. The molecule has 1 heterocycles. The Morgan fingerprint density at radius 3 is 2.52 bits per heavy atom. The highest BCUT2D eigenvalue weighted by Gasteiger charge is 2.24. The monoisotopic (exact) mass is 407 g/mol. The van der Waals surface area contributed by atoms with Gasteiger partial charge in [-0.05, 0) is 49.2 Å². The molecule has 0 bridgehead atoms. The van der Waals surface area contributed by atoms with Crippen molar-refractivity contribution in [1.82, 2.24) is 4.90 Å². The Bertz CT molecular complexity index is 1040. The molecule has 1 N–H and O–H groups in total. The lowest BCUT2D eigenvalue weighted by Gasteiger charge is -2.16. The number of halogens is 2. The Kier molecular flexibility index (Phi) is 5.35. The first-order valence-corrected chi connectivity index (χ1v) is 9.99. The number of nitriles is 1. The van der Waals surface area contributed by atoms with Gasteiger partial charge >= 0.3 is 0 Å². The van der Waals surface area contributed by atoms with E-state index < -0.39 is 21.7 Å². The van der Waals surface area contributed by atoms with Crippen LogP contribution in [0.15, 0.2) is 41.3 Å². The van der Waals surface area contributed by atoms with Gasteiger partial charge in [-0.25, -0.2) is 12.8 Å². The summed E-state index contributed by atoms with van der Waals surface area (Å²) < 4.78 is 41.7. The predicted molar refractivity (Wildman–Crippen MR) is 98.5 cm³/mol. The molecule has 9 heteroatoms. The van der Waals surface area contributed by atoms with Crippen molar-refractivity contribution in [3.8, 4) is 6.07 Å². The van der Waals surface area contributed by atoms with Crippen LogP contribution in [0.5, 0.6) is 0 Å². The molecule has 0 spiro atoms. The van der Waals surface area contributed by atoms with Gasteiger partial charge in [0, 0.05) is 18.1 Å². The number of sulfonamides is 1. The zero-order chi connectivity index (χ0) is 19.6. The number of nitrogens with zero attached hydrogens (tertiary/aromatic N) is 2. The second-order valence-corrected chi connectivity index (χ2v) is 8.17. The van der Waals surface area contributed by atoms with Crippen LogP contribution in [0.25, 0.3) is 0 Å². The van der Waals surface area contributed by atoms with E-state index in [0.29, 0.717) is 13.1 Å². The quantitative estimate of drug-likeness (QED) is 0.841. The first-order chi connectivity index (χ1) is 12.8. The molecule has 0 aromatic heterocycles. The number of carbonyl (C=O) groups excluding carboxylic acids is 1. The first kappa shape index (κ1) is 19.1. The lowest BCUT2D eigenvalue weighted by atomic mass is 10.2. The number of rotatable bonds is 4. The van der Waals surface area contributed by atoms with Gasteiger partial charge in [0.15, 0.2) is 0 Å². The number of anilines is 1. The van der Waals surface area contributed by atoms with Crippen molar-refractivity contribution in [3.63, 3.8) is 0 Å². The second-order valence-electron chi connectivity index (χ2n) is 6.05. The number of hydrogen-bond acceptors (Lipinski definition) is 4. The summed E-state index contributed by atoms with van der Waals surface area (Å²) in [4.78, 5) is 13.5. The molecule has 2 aromatic rings. The highest BCUT2D eigenvalue weighted by atomic mass is 35.5. The van der Waals surface area contributed by atoms with Crippen molar-refractivity contribution in [2.75, 3.05) is 17.8 Å². The van der Waals surface area contributed by atoms with Gasteiger partial charge in [-0.15, -0.1) is 0 Å². The van der Waals surface area contributed by atoms with E-state index in [1.54, 1.807) is 0 Å². The molecule has 1 saturated heterocycles. The van der Waals surface area contributed by atoms with E-state index in [1.165, 1.54) is 23.1 Å². The summed E-state index contributed by atoms with van der Waals surface area (Å²) in [6, 6.07) is 9.09. The van der Waals surface area contributed by atoms with Crippen LogP contribution in [-0.2, 0) is 10.0 Å². The largest absolute Gasteiger partial charge is 0.339 e. The highest BCUT2D eigenvalue weighted by Crippen LogP contribution is 2.25. The Morgan fingerprint density at radius 1 is 1.19 bits per heavy atom. The van der Waals surface area contributed by atoms with Crippen LogP contribution in [0.3, 0.4) is 0 Å². The maximum atomic E-state index is 14.4. The van der Waals surface area contributed by atoms with Gasteiger partial charge < -0.3 is 4.90 Å². The number of amides is 1. The number of nitrogens with one attached hydrogen (secondary N) is 1. The fourth-order valence-corrected chi connectivity index (χ4v) is 4.08. The maximum absolute atomic E-state index is 14.4. The van der Waals surface area contributed by atoms with E-state index in [9.17, 15) is 17.6 Å². The molecule has 0 radical (unpaired) electrons. The van der Waals surface area contributed by atoms with Crippen LogP contribution in [0.4, 0.5) is 10.1 Å². The smallest absolute Gasteiger partial charge is 0.262 e. The van der Waals surface area contributed by atoms with Crippen molar-refractivity contribution in [2.45, 2.75) is 17.7 Å². The summed E-state index contributed by atoms with van der Waals surface area (Å²) in [7, 11) is -4.17. The minimum atomic E-state index is -4.17. The summed E-state index contributed by atoms with van der Waals surface area (Å²) in [6.07, 6.45) is 1.73. The molecule has 1 aliphatic rings. The van der Waals surface area contributed by atoms with Crippen molar-refractivity contribution in [1.29, 1.82) is 5.26 Å². The Morgan fingerprint density at radius 2 is 1.89 bits per heavy atom. The summed E-state index contributed by atoms with van der Waals surface area (Å²) >= 11 is 5.85. The van der Waals surface area contributed by atoms with Gasteiger partial charge in [-0.3, -0.25) is 9.52 Å². The predicted octanol–water partition coefficient (Wildman–Crippen LogP) is 3.39. The molecule has 1 aliphatic heterocycles. The third-order valence-electron chi connectivity index (χ3n) is 4.22. The van der Waals surface area contributed by atoms with Crippen LogP contribution in [-0.4, -0.2) is 32.3 Å². The number of carbonyl (C=O) groups is 1. The van der Waals surface area contributed by atoms with E-state index in [-0.39, 0.29) is 26.7 Å². The fourth-order valence-electron chi connectivity index (χ4n) is 2.83. The molecule has 6 nitrogen and oxygen atoms in total. The van der Waals surface area contributed by atoms with Gasteiger partial charge in [0.05, 0.1) is 21.7 Å². The van der Waals surface area contributed by atoms with Crippen LogP contribution in [0.1, 0.15) is 28.8 Å². The van der Waals surface area contributed by atoms with E-state index in [2.05, 4.69) is 4.72 Å². The minimum Gasteiger partial charge on any atom is -0.339 e.